The summed E-state index contributed by atoms with van der Waals surface area (Å²) in [6, 6.07) is 0. The zero-order chi connectivity index (χ0) is 19.3. The molecular formula is C19H26O7. The number of carboxylic acid groups (broad SMARTS) is 1. The van der Waals surface area contributed by atoms with Crippen LogP contribution in [0.4, 0.5) is 0 Å². The van der Waals surface area contributed by atoms with E-state index in [-0.39, 0.29) is 30.8 Å². The Morgan fingerprint density at radius 2 is 1.96 bits per heavy atom. The van der Waals surface area contributed by atoms with Crippen LogP contribution in [0.15, 0.2) is 11.6 Å². The Morgan fingerprint density at radius 3 is 2.62 bits per heavy atom. The molecule has 3 aliphatic rings. The second-order valence-electron chi connectivity index (χ2n) is 8.56. The van der Waals surface area contributed by atoms with E-state index in [1.807, 2.05) is 6.92 Å². The van der Waals surface area contributed by atoms with Crippen molar-refractivity contribution in [2.75, 3.05) is 6.61 Å². The molecule has 144 valence electrons. The maximum Gasteiger partial charge on any atom is 0.343 e. The number of esters is 2. The highest BCUT2D eigenvalue weighted by Crippen LogP contribution is 2.63. The van der Waals surface area contributed by atoms with Gasteiger partial charge in [-0.05, 0) is 24.3 Å². The van der Waals surface area contributed by atoms with Gasteiger partial charge in [-0.2, -0.15) is 0 Å². The van der Waals surface area contributed by atoms with Crippen molar-refractivity contribution >= 4 is 17.9 Å². The van der Waals surface area contributed by atoms with Crippen LogP contribution in [0.25, 0.3) is 0 Å². The van der Waals surface area contributed by atoms with E-state index in [1.165, 1.54) is 0 Å². The monoisotopic (exact) mass is 366 g/mol. The Labute approximate surface area is 152 Å². The van der Waals surface area contributed by atoms with E-state index in [2.05, 4.69) is 13.8 Å². The largest absolute Gasteiger partial charge is 0.481 e. The van der Waals surface area contributed by atoms with E-state index in [4.69, 9.17) is 14.6 Å². The Morgan fingerprint density at radius 1 is 1.27 bits per heavy atom. The molecule has 0 amide bonds. The Bertz CT molecular complexity index is 679. The maximum atomic E-state index is 12.4. The molecule has 1 heterocycles. The van der Waals surface area contributed by atoms with Crippen LogP contribution >= 0.6 is 0 Å². The van der Waals surface area contributed by atoms with Crippen molar-refractivity contribution < 1.29 is 34.1 Å². The fraction of sp³-hybridized carbons (Fsp3) is 0.737. The standard InChI is InChI=1S/C19H26O7/c1-17(2)7-4-8-18(3)15(17)12(26-14(22)6-5-13(20)21)9-11-10-25-16(23)19(11,18)24/h9,12,15,24H,4-8,10H2,1-3H3,(H,20,21)/t12-,15-,18-,19+/m1/s1. The lowest BCUT2D eigenvalue weighted by atomic mass is 9.46. The number of carbonyl (C=O) groups is 3. The fourth-order valence-corrected chi connectivity index (χ4v) is 5.37. The molecule has 1 saturated carbocycles. The van der Waals surface area contributed by atoms with E-state index >= 15 is 0 Å². The van der Waals surface area contributed by atoms with Gasteiger partial charge in [-0.3, -0.25) is 9.59 Å². The van der Waals surface area contributed by atoms with E-state index in [9.17, 15) is 19.5 Å². The van der Waals surface area contributed by atoms with Gasteiger partial charge in [-0.1, -0.05) is 27.2 Å². The molecular weight excluding hydrogens is 340 g/mol. The molecule has 0 aromatic rings. The topological polar surface area (TPSA) is 110 Å². The number of fused-ring (bicyclic) bond motifs is 3. The van der Waals surface area contributed by atoms with Crippen molar-refractivity contribution in [3.8, 4) is 0 Å². The highest BCUT2D eigenvalue weighted by molar-refractivity contribution is 5.88. The maximum absolute atomic E-state index is 12.4. The summed E-state index contributed by atoms with van der Waals surface area (Å²) < 4.78 is 10.8. The summed E-state index contributed by atoms with van der Waals surface area (Å²) in [6.07, 6.45) is 2.86. The average molecular weight is 366 g/mol. The van der Waals surface area contributed by atoms with Crippen molar-refractivity contribution in [1.82, 2.24) is 0 Å². The molecule has 26 heavy (non-hydrogen) atoms. The van der Waals surface area contributed by atoms with Gasteiger partial charge in [0.05, 0.1) is 12.8 Å². The van der Waals surface area contributed by atoms with Crippen molar-refractivity contribution in [3.05, 3.63) is 11.6 Å². The zero-order valence-corrected chi connectivity index (χ0v) is 15.4. The van der Waals surface area contributed by atoms with Gasteiger partial charge in [0, 0.05) is 16.9 Å². The minimum atomic E-state index is -1.70. The van der Waals surface area contributed by atoms with Gasteiger partial charge in [-0.15, -0.1) is 0 Å². The van der Waals surface area contributed by atoms with Crippen molar-refractivity contribution in [2.45, 2.75) is 64.6 Å². The number of carbonyl (C=O) groups excluding carboxylic acids is 2. The summed E-state index contributed by atoms with van der Waals surface area (Å²) in [5.41, 5.74) is -2.34. The van der Waals surface area contributed by atoms with Gasteiger partial charge in [0.2, 0.25) is 0 Å². The third-order valence-corrected chi connectivity index (χ3v) is 6.50. The third-order valence-electron chi connectivity index (χ3n) is 6.50. The normalized spacial score (nSPS) is 37.8. The van der Waals surface area contributed by atoms with E-state index in [0.717, 1.165) is 12.8 Å². The summed E-state index contributed by atoms with van der Waals surface area (Å²) in [7, 11) is 0. The predicted molar refractivity (Wildman–Crippen MR) is 90.0 cm³/mol. The summed E-state index contributed by atoms with van der Waals surface area (Å²) in [5.74, 6) is -2.56. The number of aliphatic hydroxyl groups is 1. The molecule has 2 fully saturated rings. The molecule has 0 unspecified atom stereocenters. The van der Waals surface area contributed by atoms with Crippen LogP contribution in [0, 0.1) is 16.7 Å². The Balaban J connectivity index is 1.99. The highest BCUT2D eigenvalue weighted by atomic mass is 16.6. The summed E-state index contributed by atoms with van der Waals surface area (Å²) in [6.45, 7) is 5.96. The molecule has 2 N–H and O–H groups in total. The van der Waals surface area contributed by atoms with Crippen LogP contribution in [-0.2, 0) is 23.9 Å². The first kappa shape index (κ1) is 18.9. The number of hydrogen-bond acceptors (Lipinski definition) is 6. The van der Waals surface area contributed by atoms with Crippen molar-refractivity contribution in [2.24, 2.45) is 16.7 Å². The van der Waals surface area contributed by atoms with Gasteiger partial charge in [-0.25, -0.2) is 4.79 Å². The smallest absolute Gasteiger partial charge is 0.343 e. The zero-order valence-electron chi connectivity index (χ0n) is 15.4. The minimum absolute atomic E-state index is 0.0127. The average Bonchev–Trinajstić information content (AvgIpc) is 2.82. The van der Waals surface area contributed by atoms with Crippen LogP contribution in [0.1, 0.15) is 52.9 Å². The number of rotatable bonds is 4. The number of carboxylic acids is 1. The third kappa shape index (κ3) is 2.64. The van der Waals surface area contributed by atoms with E-state index in [1.54, 1.807) is 6.08 Å². The van der Waals surface area contributed by atoms with Crippen LogP contribution in [0.5, 0.6) is 0 Å². The first-order chi connectivity index (χ1) is 12.0. The lowest BCUT2D eigenvalue weighted by Gasteiger charge is -2.59. The molecule has 3 rings (SSSR count). The van der Waals surface area contributed by atoms with Crippen molar-refractivity contribution in [1.29, 1.82) is 0 Å². The van der Waals surface area contributed by atoms with Gasteiger partial charge < -0.3 is 19.7 Å². The van der Waals surface area contributed by atoms with Crippen LogP contribution < -0.4 is 0 Å². The summed E-state index contributed by atoms with van der Waals surface area (Å²) >= 11 is 0. The molecule has 2 aliphatic carbocycles. The molecule has 7 nitrogen and oxygen atoms in total. The molecule has 0 radical (unpaired) electrons. The van der Waals surface area contributed by atoms with E-state index in [0.29, 0.717) is 12.0 Å². The van der Waals surface area contributed by atoms with Gasteiger partial charge >= 0.3 is 17.9 Å². The molecule has 7 heteroatoms. The second-order valence-corrected chi connectivity index (χ2v) is 8.56. The molecule has 0 aromatic heterocycles. The van der Waals surface area contributed by atoms with Crippen LogP contribution in [0.3, 0.4) is 0 Å². The Hall–Kier alpha value is -1.89. The minimum Gasteiger partial charge on any atom is -0.481 e. The molecule has 1 aliphatic heterocycles. The first-order valence-corrected chi connectivity index (χ1v) is 9.04. The first-order valence-electron chi connectivity index (χ1n) is 9.04. The number of hydrogen-bond donors (Lipinski definition) is 2. The lowest BCUT2D eigenvalue weighted by molar-refractivity contribution is -0.196. The lowest BCUT2D eigenvalue weighted by Crippen LogP contribution is -2.65. The van der Waals surface area contributed by atoms with Crippen molar-refractivity contribution in [3.63, 3.8) is 0 Å². The molecule has 0 spiro atoms. The molecule has 1 saturated heterocycles. The van der Waals surface area contributed by atoms with Crippen LogP contribution in [-0.4, -0.2) is 46.4 Å². The quantitative estimate of drug-likeness (QED) is 0.577. The number of aliphatic carboxylic acids is 1. The molecule has 0 bridgehead atoms. The molecule has 4 atom stereocenters. The number of ether oxygens (including phenoxy) is 2. The second kappa shape index (κ2) is 6.08. The summed E-state index contributed by atoms with van der Waals surface area (Å²) in [4.78, 5) is 35.3. The Kier molecular flexibility index (Phi) is 4.42. The van der Waals surface area contributed by atoms with Crippen LogP contribution in [0.2, 0.25) is 0 Å². The summed E-state index contributed by atoms with van der Waals surface area (Å²) in [5, 5.41) is 20.1. The molecule has 0 aromatic carbocycles. The number of cyclic esters (lactones) is 1. The van der Waals surface area contributed by atoms with Gasteiger partial charge in [0.15, 0.2) is 5.60 Å². The fourth-order valence-electron chi connectivity index (χ4n) is 5.37. The van der Waals surface area contributed by atoms with E-state index < -0.39 is 35.0 Å². The highest BCUT2D eigenvalue weighted by Gasteiger charge is 2.69. The predicted octanol–water partition coefficient (Wildman–Crippen LogP) is 1.82. The van der Waals surface area contributed by atoms with Gasteiger partial charge in [0.1, 0.15) is 12.7 Å². The van der Waals surface area contributed by atoms with Gasteiger partial charge in [0.25, 0.3) is 0 Å². The SMILES string of the molecule is CC1(C)CCC[C@]2(C)[C@@H]1[C@H](OC(=O)CCC(=O)O)C=C1COC(=O)[C@@]12O.